The summed E-state index contributed by atoms with van der Waals surface area (Å²) in [6, 6.07) is 12.6. The van der Waals surface area contributed by atoms with Crippen molar-refractivity contribution < 1.29 is 13.2 Å². The quantitative estimate of drug-likeness (QED) is 0.607. The molecule has 1 heterocycles. The fraction of sp³-hybridized carbons (Fsp3) is 0.118. The second-order valence-corrected chi connectivity index (χ2v) is 5.49. The standard InChI is InChI=1S/C17H11ClF3N/c18-15-5-6-16-13(9-15)8-12(10-22-16)7-11-1-3-14(4-2-11)17(19,20)21/h1-6,8-10H,7H2. The largest absolute Gasteiger partial charge is 0.416 e. The maximum absolute atomic E-state index is 12.5. The summed E-state index contributed by atoms with van der Waals surface area (Å²) < 4.78 is 37.6. The Hall–Kier alpha value is -2.07. The number of benzene rings is 2. The van der Waals surface area contributed by atoms with E-state index in [-0.39, 0.29) is 0 Å². The molecule has 0 fully saturated rings. The van der Waals surface area contributed by atoms with E-state index in [1.165, 1.54) is 12.1 Å². The van der Waals surface area contributed by atoms with Gasteiger partial charge in [-0.3, -0.25) is 4.98 Å². The molecule has 0 aliphatic carbocycles. The molecule has 1 aromatic heterocycles. The van der Waals surface area contributed by atoms with E-state index in [0.29, 0.717) is 11.4 Å². The molecule has 0 aliphatic heterocycles. The van der Waals surface area contributed by atoms with E-state index in [0.717, 1.165) is 34.2 Å². The number of hydrogen-bond donors (Lipinski definition) is 0. The van der Waals surface area contributed by atoms with E-state index >= 15 is 0 Å². The van der Waals surface area contributed by atoms with Crippen molar-refractivity contribution in [2.24, 2.45) is 0 Å². The summed E-state index contributed by atoms with van der Waals surface area (Å²) in [4.78, 5) is 4.34. The molecule has 0 bridgehead atoms. The number of rotatable bonds is 2. The van der Waals surface area contributed by atoms with Gasteiger partial charge in [-0.15, -0.1) is 0 Å². The molecule has 3 rings (SSSR count). The fourth-order valence-corrected chi connectivity index (χ4v) is 2.47. The Morgan fingerprint density at radius 1 is 0.909 bits per heavy atom. The highest BCUT2D eigenvalue weighted by Gasteiger charge is 2.29. The molecule has 0 N–H and O–H groups in total. The van der Waals surface area contributed by atoms with Crippen molar-refractivity contribution in [3.05, 3.63) is 76.4 Å². The molecule has 3 aromatic rings. The first-order valence-electron chi connectivity index (χ1n) is 6.62. The van der Waals surface area contributed by atoms with Crippen LogP contribution in [0, 0.1) is 0 Å². The third-order valence-electron chi connectivity index (χ3n) is 3.39. The third-order valence-corrected chi connectivity index (χ3v) is 3.62. The zero-order valence-electron chi connectivity index (χ0n) is 11.4. The number of alkyl halides is 3. The zero-order chi connectivity index (χ0) is 15.7. The highest BCUT2D eigenvalue weighted by atomic mass is 35.5. The Morgan fingerprint density at radius 2 is 1.64 bits per heavy atom. The SMILES string of the molecule is FC(F)(F)c1ccc(Cc2cnc3ccc(Cl)cc3c2)cc1. The topological polar surface area (TPSA) is 12.9 Å². The number of nitrogens with zero attached hydrogens (tertiary/aromatic N) is 1. The van der Waals surface area contributed by atoms with Crippen molar-refractivity contribution in [3.63, 3.8) is 0 Å². The average Bonchev–Trinajstić information content (AvgIpc) is 2.46. The summed E-state index contributed by atoms with van der Waals surface area (Å²) in [5.41, 5.74) is 1.92. The smallest absolute Gasteiger partial charge is 0.256 e. The first-order valence-corrected chi connectivity index (χ1v) is 7.00. The Bertz CT molecular complexity index is 810. The van der Waals surface area contributed by atoms with Gasteiger partial charge in [0.25, 0.3) is 0 Å². The van der Waals surface area contributed by atoms with E-state index in [1.807, 2.05) is 18.2 Å². The van der Waals surface area contributed by atoms with Crippen LogP contribution in [0.1, 0.15) is 16.7 Å². The molecule has 0 radical (unpaired) electrons. The van der Waals surface area contributed by atoms with Crippen molar-refractivity contribution >= 4 is 22.5 Å². The molecule has 0 aliphatic rings. The second kappa shape index (κ2) is 5.61. The molecule has 0 amide bonds. The minimum Gasteiger partial charge on any atom is -0.256 e. The van der Waals surface area contributed by atoms with E-state index in [1.54, 1.807) is 12.3 Å². The molecule has 22 heavy (non-hydrogen) atoms. The van der Waals surface area contributed by atoms with Gasteiger partial charge in [-0.2, -0.15) is 13.2 Å². The van der Waals surface area contributed by atoms with Crippen molar-refractivity contribution in [1.29, 1.82) is 0 Å². The highest BCUT2D eigenvalue weighted by Crippen LogP contribution is 2.29. The third kappa shape index (κ3) is 3.22. The lowest BCUT2D eigenvalue weighted by Crippen LogP contribution is -2.04. The van der Waals surface area contributed by atoms with Gasteiger partial charge < -0.3 is 0 Å². The number of aromatic nitrogens is 1. The minimum absolute atomic E-state index is 0.521. The van der Waals surface area contributed by atoms with Crippen molar-refractivity contribution in [1.82, 2.24) is 4.98 Å². The maximum atomic E-state index is 12.5. The number of halogens is 4. The van der Waals surface area contributed by atoms with Crippen molar-refractivity contribution in [2.75, 3.05) is 0 Å². The Labute approximate surface area is 130 Å². The molecule has 0 atom stereocenters. The summed E-state index contributed by atoms with van der Waals surface area (Å²) in [6.45, 7) is 0. The van der Waals surface area contributed by atoms with Gasteiger partial charge in [0, 0.05) is 16.6 Å². The summed E-state index contributed by atoms with van der Waals surface area (Å²) >= 11 is 5.96. The normalized spacial score (nSPS) is 11.8. The van der Waals surface area contributed by atoms with Gasteiger partial charge in [-0.25, -0.2) is 0 Å². The Kier molecular flexibility index (Phi) is 3.79. The van der Waals surface area contributed by atoms with Gasteiger partial charge in [-0.1, -0.05) is 23.7 Å². The van der Waals surface area contributed by atoms with Crippen LogP contribution in [0.3, 0.4) is 0 Å². The fourth-order valence-electron chi connectivity index (χ4n) is 2.29. The molecule has 1 nitrogen and oxygen atoms in total. The summed E-state index contributed by atoms with van der Waals surface area (Å²) in [7, 11) is 0. The first-order chi connectivity index (χ1) is 10.4. The van der Waals surface area contributed by atoms with Gasteiger partial charge in [0.1, 0.15) is 0 Å². The predicted octanol–water partition coefficient (Wildman–Crippen LogP) is 5.50. The Morgan fingerprint density at radius 3 is 2.32 bits per heavy atom. The van der Waals surface area contributed by atoms with Crippen LogP contribution in [-0.4, -0.2) is 4.98 Å². The van der Waals surface area contributed by atoms with Gasteiger partial charge in [-0.05, 0) is 53.9 Å². The van der Waals surface area contributed by atoms with E-state index < -0.39 is 11.7 Å². The zero-order valence-corrected chi connectivity index (χ0v) is 12.1. The van der Waals surface area contributed by atoms with Gasteiger partial charge in [0.2, 0.25) is 0 Å². The second-order valence-electron chi connectivity index (χ2n) is 5.05. The van der Waals surface area contributed by atoms with E-state index in [2.05, 4.69) is 4.98 Å². The molecule has 0 saturated heterocycles. The van der Waals surface area contributed by atoms with Crippen LogP contribution in [0.15, 0.2) is 54.7 Å². The molecular formula is C17H11ClF3N. The average molecular weight is 322 g/mol. The molecular weight excluding hydrogens is 311 g/mol. The van der Waals surface area contributed by atoms with Crippen LogP contribution in [0.5, 0.6) is 0 Å². The Balaban J connectivity index is 1.86. The molecule has 0 saturated carbocycles. The maximum Gasteiger partial charge on any atom is 0.416 e. The molecule has 0 unspecified atom stereocenters. The van der Waals surface area contributed by atoms with Gasteiger partial charge in [0.15, 0.2) is 0 Å². The van der Waals surface area contributed by atoms with E-state index in [9.17, 15) is 13.2 Å². The highest BCUT2D eigenvalue weighted by molar-refractivity contribution is 6.31. The lowest BCUT2D eigenvalue weighted by atomic mass is 10.0. The van der Waals surface area contributed by atoms with Gasteiger partial charge in [0.05, 0.1) is 11.1 Å². The first kappa shape index (κ1) is 14.9. The van der Waals surface area contributed by atoms with Crippen LogP contribution in [0.4, 0.5) is 13.2 Å². The summed E-state index contributed by atoms with van der Waals surface area (Å²) in [5.74, 6) is 0. The number of pyridine rings is 1. The molecule has 2 aromatic carbocycles. The lowest BCUT2D eigenvalue weighted by molar-refractivity contribution is -0.137. The number of hydrogen-bond acceptors (Lipinski definition) is 1. The molecule has 112 valence electrons. The lowest BCUT2D eigenvalue weighted by Gasteiger charge is -2.08. The summed E-state index contributed by atoms with van der Waals surface area (Å²) in [6.07, 6.45) is -2.05. The van der Waals surface area contributed by atoms with Crippen LogP contribution in [-0.2, 0) is 12.6 Å². The molecule has 0 spiro atoms. The van der Waals surface area contributed by atoms with Gasteiger partial charge >= 0.3 is 6.18 Å². The van der Waals surface area contributed by atoms with Crippen LogP contribution in [0.2, 0.25) is 5.02 Å². The monoisotopic (exact) mass is 321 g/mol. The molecule has 5 heteroatoms. The minimum atomic E-state index is -4.31. The van der Waals surface area contributed by atoms with E-state index in [4.69, 9.17) is 11.6 Å². The van der Waals surface area contributed by atoms with Crippen LogP contribution < -0.4 is 0 Å². The number of fused-ring (bicyclic) bond motifs is 1. The van der Waals surface area contributed by atoms with Crippen molar-refractivity contribution in [3.8, 4) is 0 Å². The van der Waals surface area contributed by atoms with Crippen LogP contribution in [0.25, 0.3) is 10.9 Å². The van der Waals surface area contributed by atoms with Crippen LogP contribution >= 0.6 is 11.6 Å². The van der Waals surface area contributed by atoms with Crippen molar-refractivity contribution in [2.45, 2.75) is 12.6 Å². The predicted molar refractivity (Wildman–Crippen MR) is 81.0 cm³/mol. The summed E-state index contributed by atoms with van der Waals surface area (Å²) in [5, 5.41) is 1.54.